The first kappa shape index (κ1) is 12.9. The van der Waals surface area contributed by atoms with Crippen LogP contribution in [-0.4, -0.2) is 35.4 Å². The Morgan fingerprint density at radius 1 is 1.35 bits per heavy atom. The number of amides is 1. The molecule has 1 aromatic carbocycles. The molecule has 0 radical (unpaired) electrons. The number of fused-ring (bicyclic) bond motifs is 1. The predicted octanol–water partition coefficient (Wildman–Crippen LogP) is 0.867. The molecule has 1 aromatic heterocycles. The lowest BCUT2D eigenvalue weighted by molar-refractivity contribution is 0.0508. The highest BCUT2D eigenvalue weighted by atomic mass is 16.2. The molecule has 5 nitrogen and oxygen atoms in total. The summed E-state index contributed by atoms with van der Waals surface area (Å²) in [5, 5.41) is 1.44. The standard InChI is InChI=1S/C15H17N3O2/c1-9-11-4-2-3-5-12(11)14(19)17-13(9)15(20)18-7-10(6-16)8-18/h2-5,10H,6-8,16H2,1H3,(H,17,19). The Hall–Kier alpha value is -2.14. The molecule has 0 bridgehead atoms. The normalized spacial score (nSPS) is 15.4. The highest BCUT2D eigenvalue weighted by molar-refractivity contribution is 5.99. The first-order valence-electron chi connectivity index (χ1n) is 6.72. The van der Waals surface area contributed by atoms with E-state index in [1.54, 1.807) is 11.0 Å². The number of carbonyl (C=O) groups excluding carboxylic acids is 1. The molecule has 0 spiro atoms. The molecule has 5 heteroatoms. The van der Waals surface area contributed by atoms with Crippen molar-refractivity contribution in [1.29, 1.82) is 0 Å². The van der Waals surface area contributed by atoms with Crippen molar-refractivity contribution in [3.63, 3.8) is 0 Å². The number of hydrogen-bond donors (Lipinski definition) is 2. The number of aromatic nitrogens is 1. The van der Waals surface area contributed by atoms with Gasteiger partial charge in [-0.3, -0.25) is 9.59 Å². The molecule has 0 unspecified atom stereocenters. The van der Waals surface area contributed by atoms with Crippen LogP contribution in [0.25, 0.3) is 10.8 Å². The van der Waals surface area contributed by atoms with Crippen molar-refractivity contribution >= 4 is 16.7 Å². The van der Waals surface area contributed by atoms with Crippen LogP contribution < -0.4 is 11.3 Å². The van der Waals surface area contributed by atoms with Crippen LogP contribution in [0, 0.1) is 12.8 Å². The molecule has 1 saturated heterocycles. The number of pyridine rings is 1. The first-order chi connectivity index (χ1) is 9.61. The smallest absolute Gasteiger partial charge is 0.270 e. The zero-order valence-corrected chi connectivity index (χ0v) is 11.3. The van der Waals surface area contributed by atoms with Gasteiger partial charge in [0.25, 0.3) is 11.5 Å². The number of nitrogens with one attached hydrogen (secondary N) is 1. The molecule has 0 aliphatic carbocycles. The van der Waals surface area contributed by atoms with E-state index in [0.29, 0.717) is 36.6 Å². The number of likely N-dealkylation sites (tertiary alicyclic amines) is 1. The van der Waals surface area contributed by atoms with Crippen LogP contribution >= 0.6 is 0 Å². The van der Waals surface area contributed by atoms with Gasteiger partial charge < -0.3 is 15.6 Å². The first-order valence-corrected chi connectivity index (χ1v) is 6.72. The van der Waals surface area contributed by atoms with Crippen molar-refractivity contribution in [2.45, 2.75) is 6.92 Å². The number of aryl methyl sites for hydroxylation is 1. The summed E-state index contributed by atoms with van der Waals surface area (Å²) >= 11 is 0. The summed E-state index contributed by atoms with van der Waals surface area (Å²) in [4.78, 5) is 28.9. The summed E-state index contributed by atoms with van der Waals surface area (Å²) in [6, 6.07) is 7.33. The highest BCUT2D eigenvalue weighted by Crippen LogP contribution is 2.21. The van der Waals surface area contributed by atoms with Gasteiger partial charge in [0.05, 0.1) is 0 Å². The van der Waals surface area contributed by atoms with Crippen molar-refractivity contribution in [2.24, 2.45) is 11.7 Å². The van der Waals surface area contributed by atoms with Gasteiger partial charge in [0.15, 0.2) is 0 Å². The molecule has 0 atom stereocenters. The van der Waals surface area contributed by atoms with Crippen molar-refractivity contribution in [3.05, 3.63) is 45.9 Å². The van der Waals surface area contributed by atoms with E-state index in [2.05, 4.69) is 4.98 Å². The van der Waals surface area contributed by atoms with Crippen LogP contribution in [0.15, 0.2) is 29.1 Å². The van der Waals surface area contributed by atoms with E-state index < -0.39 is 0 Å². The molecule has 1 amide bonds. The SMILES string of the molecule is Cc1c(C(=O)N2CC(CN)C2)[nH]c(=O)c2ccccc12. The Kier molecular flexibility index (Phi) is 3.06. The lowest BCUT2D eigenvalue weighted by Gasteiger charge is -2.38. The monoisotopic (exact) mass is 271 g/mol. The van der Waals surface area contributed by atoms with E-state index in [-0.39, 0.29) is 11.5 Å². The van der Waals surface area contributed by atoms with Gasteiger partial charge in [0, 0.05) is 24.4 Å². The minimum atomic E-state index is -0.217. The Bertz CT molecular complexity index is 729. The molecule has 1 aliphatic heterocycles. The predicted molar refractivity (Wildman–Crippen MR) is 77.8 cm³/mol. The van der Waals surface area contributed by atoms with Gasteiger partial charge >= 0.3 is 0 Å². The fourth-order valence-corrected chi connectivity index (χ4v) is 2.67. The van der Waals surface area contributed by atoms with Crippen LogP contribution in [0.2, 0.25) is 0 Å². The second-order valence-corrected chi connectivity index (χ2v) is 5.31. The molecular weight excluding hydrogens is 254 g/mol. The summed E-state index contributed by atoms with van der Waals surface area (Å²) in [5.41, 5.74) is 6.56. The molecule has 20 heavy (non-hydrogen) atoms. The molecular formula is C15H17N3O2. The third kappa shape index (κ3) is 1.91. The van der Waals surface area contributed by atoms with Crippen molar-refractivity contribution in [1.82, 2.24) is 9.88 Å². The molecule has 1 fully saturated rings. The number of H-pyrrole nitrogens is 1. The molecule has 3 rings (SSSR count). The van der Waals surface area contributed by atoms with Crippen LogP contribution in [0.4, 0.5) is 0 Å². The minimum absolute atomic E-state index is 0.116. The molecule has 2 aromatic rings. The highest BCUT2D eigenvalue weighted by Gasteiger charge is 2.31. The van der Waals surface area contributed by atoms with Crippen molar-refractivity contribution in [3.8, 4) is 0 Å². The fraction of sp³-hybridized carbons (Fsp3) is 0.333. The largest absolute Gasteiger partial charge is 0.337 e. The maximum absolute atomic E-state index is 12.4. The quantitative estimate of drug-likeness (QED) is 0.850. The second kappa shape index (κ2) is 4.76. The number of aromatic amines is 1. The van der Waals surface area contributed by atoms with Gasteiger partial charge in [-0.15, -0.1) is 0 Å². The Balaban J connectivity index is 2.02. The molecule has 104 valence electrons. The average Bonchev–Trinajstić information content (AvgIpc) is 2.41. The van der Waals surface area contributed by atoms with Gasteiger partial charge in [-0.05, 0) is 30.5 Å². The maximum atomic E-state index is 12.4. The second-order valence-electron chi connectivity index (χ2n) is 5.31. The van der Waals surface area contributed by atoms with Crippen LogP contribution in [0.5, 0.6) is 0 Å². The Morgan fingerprint density at radius 2 is 2.00 bits per heavy atom. The van der Waals surface area contributed by atoms with Crippen LogP contribution in [0.3, 0.4) is 0 Å². The summed E-state index contributed by atoms with van der Waals surface area (Å²) in [6.07, 6.45) is 0. The molecule has 0 saturated carbocycles. The van der Waals surface area contributed by atoms with Crippen molar-refractivity contribution in [2.75, 3.05) is 19.6 Å². The van der Waals surface area contributed by atoms with Crippen LogP contribution in [0.1, 0.15) is 16.1 Å². The Labute approximate surface area is 116 Å². The van der Waals surface area contributed by atoms with E-state index in [4.69, 9.17) is 5.73 Å². The number of carbonyl (C=O) groups is 1. The summed E-state index contributed by atoms with van der Waals surface area (Å²) < 4.78 is 0. The number of hydrogen-bond acceptors (Lipinski definition) is 3. The topological polar surface area (TPSA) is 79.2 Å². The fourth-order valence-electron chi connectivity index (χ4n) is 2.67. The number of nitrogens with two attached hydrogens (primary N) is 1. The van der Waals surface area contributed by atoms with Crippen LogP contribution in [-0.2, 0) is 0 Å². The lowest BCUT2D eigenvalue weighted by Crippen LogP contribution is -2.53. The third-order valence-corrected chi connectivity index (χ3v) is 3.98. The van der Waals surface area contributed by atoms with E-state index in [0.717, 1.165) is 10.9 Å². The van der Waals surface area contributed by atoms with Gasteiger partial charge in [0.1, 0.15) is 5.69 Å². The molecule has 1 aliphatic rings. The molecule has 3 N–H and O–H groups in total. The average molecular weight is 271 g/mol. The lowest BCUT2D eigenvalue weighted by atomic mass is 9.98. The Morgan fingerprint density at radius 3 is 2.65 bits per heavy atom. The van der Waals surface area contributed by atoms with Gasteiger partial charge in [-0.25, -0.2) is 0 Å². The zero-order chi connectivity index (χ0) is 14.3. The van der Waals surface area contributed by atoms with E-state index >= 15 is 0 Å². The summed E-state index contributed by atoms with van der Waals surface area (Å²) in [5.74, 6) is 0.265. The summed E-state index contributed by atoms with van der Waals surface area (Å²) in [7, 11) is 0. The molecule has 2 heterocycles. The van der Waals surface area contributed by atoms with Gasteiger partial charge in [-0.2, -0.15) is 0 Å². The maximum Gasteiger partial charge on any atom is 0.270 e. The van der Waals surface area contributed by atoms with Gasteiger partial charge in [0.2, 0.25) is 0 Å². The van der Waals surface area contributed by atoms with Gasteiger partial charge in [-0.1, -0.05) is 18.2 Å². The number of nitrogens with zero attached hydrogens (tertiary/aromatic N) is 1. The zero-order valence-electron chi connectivity index (χ0n) is 11.3. The van der Waals surface area contributed by atoms with E-state index in [1.165, 1.54) is 0 Å². The number of rotatable bonds is 2. The van der Waals surface area contributed by atoms with E-state index in [1.807, 2.05) is 25.1 Å². The van der Waals surface area contributed by atoms with Crippen molar-refractivity contribution < 1.29 is 4.79 Å². The minimum Gasteiger partial charge on any atom is -0.337 e. The van der Waals surface area contributed by atoms with E-state index in [9.17, 15) is 9.59 Å². The third-order valence-electron chi connectivity index (χ3n) is 3.98. The number of benzene rings is 1. The summed E-state index contributed by atoms with van der Waals surface area (Å²) in [6.45, 7) is 3.80.